The lowest BCUT2D eigenvalue weighted by Gasteiger charge is -2.05. The molecule has 0 radical (unpaired) electrons. The van der Waals surface area contributed by atoms with Gasteiger partial charge < -0.3 is 5.32 Å². The van der Waals surface area contributed by atoms with Crippen LogP contribution in [0.1, 0.15) is 11.1 Å². The van der Waals surface area contributed by atoms with Gasteiger partial charge in [-0.1, -0.05) is 35.4 Å². The molecule has 8 heteroatoms. The minimum Gasteiger partial charge on any atom is -0.301 e. The molecule has 1 aromatic heterocycles. The second-order valence-electron chi connectivity index (χ2n) is 6.12. The highest BCUT2D eigenvalue weighted by Crippen LogP contribution is 2.28. The van der Waals surface area contributed by atoms with Gasteiger partial charge in [0.05, 0.1) is 10.6 Å². The average molecular weight is 421 g/mol. The van der Waals surface area contributed by atoms with E-state index < -0.39 is 21.5 Å². The van der Waals surface area contributed by atoms with E-state index in [0.29, 0.717) is 10.2 Å². The monoisotopic (exact) mass is 420 g/mol. The standard InChI is InChI=1S/C19H17ClN2O3S2/c1-12-3-8-16(13(2)9-12)17-10-26-19(21-17)22-18(23)11-27(24,25)15-6-4-14(20)5-7-15/h3-10H,11H2,1-2H3,(H,21,22,23). The van der Waals surface area contributed by atoms with Gasteiger partial charge in [0.25, 0.3) is 0 Å². The lowest BCUT2D eigenvalue weighted by molar-refractivity contribution is -0.113. The number of carbonyl (C=O) groups excluding carboxylic acids is 1. The summed E-state index contributed by atoms with van der Waals surface area (Å²) in [5.74, 6) is -1.29. The van der Waals surface area contributed by atoms with Crippen molar-refractivity contribution in [2.75, 3.05) is 11.1 Å². The van der Waals surface area contributed by atoms with Crippen molar-refractivity contribution in [1.82, 2.24) is 4.98 Å². The van der Waals surface area contributed by atoms with Gasteiger partial charge in [0.15, 0.2) is 15.0 Å². The lowest BCUT2D eigenvalue weighted by Crippen LogP contribution is -2.22. The molecule has 1 heterocycles. The fourth-order valence-corrected chi connectivity index (χ4v) is 4.60. The summed E-state index contributed by atoms with van der Waals surface area (Å²) in [6.07, 6.45) is 0. The Hall–Kier alpha value is -2.22. The van der Waals surface area contributed by atoms with Gasteiger partial charge in [0.2, 0.25) is 5.91 Å². The summed E-state index contributed by atoms with van der Waals surface area (Å²) in [6.45, 7) is 4.02. The van der Waals surface area contributed by atoms with Gasteiger partial charge >= 0.3 is 0 Å². The molecule has 0 aliphatic carbocycles. The Kier molecular flexibility index (Phi) is 5.64. The van der Waals surface area contributed by atoms with E-state index >= 15 is 0 Å². The second-order valence-corrected chi connectivity index (χ2v) is 9.40. The van der Waals surface area contributed by atoms with Crippen molar-refractivity contribution in [2.24, 2.45) is 0 Å². The van der Waals surface area contributed by atoms with Crippen molar-refractivity contribution in [3.8, 4) is 11.3 Å². The Morgan fingerprint density at radius 3 is 2.52 bits per heavy atom. The summed E-state index contributed by atoms with van der Waals surface area (Å²) < 4.78 is 24.7. The van der Waals surface area contributed by atoms with Crippen molar-refractivity contribution in [1.29, 1.82) is 0 Å². The number of aromatic nitrogens is 1. The number of nitrogens with one attached hydrogen (secondary N) is 1. The second kappa shape index (κ2) is 7.80. The summed E-state index contributed by atoms with van der Waals surface area (Å²) in [6, 6.07) is 11.8. The maximum absolute atomic E-state index is 12.3. The number of sulfone groups is 1. The van der Waals surface area contributed by atoms with Crippen LogP contribution in [-0.4, -0.2) is 25.1 Å². The van der Waals surface area contributed by atoms with Crippen molar-refractivity contribution in [2.45, 2.75) is 18.7 Å². The minimum absolute atomic E-state index is 0.0529. The maximum atomic E-state index is 12.3. The molecule has 27 heavy (non-hydrogen) atoms. The van der Waals surface area contributed by atoms with Crippen LogP contribution in [0.5, 0.6) is 0 Å². The van der Waals surface area contributed by atoms with E-state index in [-0.39, 0.29) is 4.90 Å². The lowest BCUT2D eigenvalue weighted by atomic mass is 10.0. The van der Waals surface area contributed by atoms with Crippen molar-refractivity contribution >= 4 is 43.8 Å². The van der Waals surface area contributed by atoms with E-state index in [1.807, 2.05) is 31.4 Å². The first-order valence-corrected chi connectivity index (χ1v) is 11.0. The van der Waals surface area contributed by atoms with Gasteiger partial charge in [0.1, 0.15) is 5.75 Å². The summed E-state index contributed by atoms with van der Waals surface area (Å²) in [7, 11) is -3.75. The number of halogens is 1. The first-order chi connectivity index (χ1) is 12.7. The van der Waals surface area contributed by atoms with Crippen LogP contribution in [0.3, 0.4) is 0 Å². The number of thiazole rings is 1. The molecule has 0 atom stereocenters. The molecular formula is C19H17ClN2O3S2. The van der Waals surface area contributed by atoms with E-state index in [4.69, 9.17) is 11.6 Å². The van der Waals surface area contributed by atoms with E-state index in [0.717, 1.165) is 22.4 Å². The topological polar surface area (TPSA) is 76.1 Å². The summed E-state index contributed by atoms with van der Waals surface area (Å²) in [4.78, 5) is 16.6. The van der Waals surface area contributed by atoms with E-state index in [2.05, 4.69) is 16.4 Å². The molecule has 0 aliphatic heterocycles. The molecule has 5 nitrogen and oxygen atoms in total. The highest BCUT2D eigenvalue weighted by molar-refractivity contribution is 7.92. The molecule has 0 saturated heterocycles. The van der Waals surface area contributed by atoms with Gasteiger partial charge in [-0.05, 0) is 43.7 Å². The van der Waals surface area contributed by atoms with Crippen LogP contribution in [0, 0.1) is 13.8 Å². The molecule has 0 aliphatic rings. The van der Waals surface area contributed by atoms with Crippen molar-refractivity contribution in [3.05, 3.63) is 64.0 Å². The first kappa shape index (κ1) is 19.5. The normalized spacial score (nSPS) is 11.4. The number of rotatable bonds is 5. The van der Waals surface area contributed by atoms with Gasteiger partial charge in [-0.25, -0.2) is 13.4 Å². The molecule has 0 bridgehead atoms. The molecule has 140 valence electrons. The maximum Gasteiger partial charge on any atom is 0.241 e. The van der Waals surface area contributed by atoms with Gasteiger partial charge in [0, 0.05) is 16.0 Å². The molecule has 1 amide bonds. The summed E-state index contributed by atoms with van der Waals surface area (Å²) in [5.41, 5.74) is 3.97. The van der Waals surface area contributed by atoms with Crippen LogP contribution in [0.4, 0.5) is 5.13 Å². The summed E-state index contributed by atoms with van der Waals surface area (Å²) >= 11 is 7.02. The molecule has 0 fully saturated rings. The Morgan fingerprint density at radius 1 is 1.15 bits per heavy atom. The third-order valence-electron chi connectivity index (χ3n) is 3.90. The zero-order valence-corrected chi connectivity index (χ0v) is 17.1. The van der Waals surface area contributed by atoms with Crippen LogP contribution < -0.4 is 5.32 Å². The number of hydrogen-bond donors (Lipinski definition) is 1. The largest absolute Gasteiger partial charge is 0.301 e. The predicted molar refractivity (Wildman–Crippen MR) is 109 cm³/mol. The number of hydrogen-bond acceptors (Lipinski definition) is 5. The van der Waals surface area contributed by atoms with Crippen LogP contribution in [0.15, 0.2) is 52.7 Å². The van der Waals surface area contributed by atoms with Crippen LogP contribution in [0.25, 0.3) is 11.3 Å². The molecule has 3 aromatic rings. The SMILES string of the molecule is Cc1ccc(-c2csc(NC(=O)CS(=O)(=O)c3ccc(Cl)cc3)n2)c(C)c1. The fourth-order valence-electron chi connectivity index (χ4n) is 2.61. The Labute approximate surface area is 167 Å². The van der Waals surface area contributed by atoms with Crippen LogP contribution in [-0.2, 0) is 14.6 Å². The number of benzene rings is 2. The smallest absolute Gasteiger partial charge is 0.241 e. The van der Waals surface area contributed by atoms with E-state index in [1.54, 1.807) is 0 Å². The minimum atomic E-state index is -3.75. The molecule has 0 saturated carbocycles. The van der Waals surface area contributed by atoms with Crippen molar-refractivity contribution < 1.29 is 13.2 Å². The molecule has 2 aromatic carbocycles. The quantitative estimate of drug-likeness (QED) is 0.659. The van der Waals surface area contributed by atoms with E-state index in [1.165, 1.54) is 35.6 Å². The third kappa shape index (κ3) is 4.74. The fraction of sp³-hybridized carbons (Fsp3) is 0.158. The zero-order chi connectivity index (χ0) is 19.6. The molecule has 1 N–H and O–H groups in total. The van der Waals surface area contributed by atoms with Gasteiger partial charge in [-0.3, -0.25) is 4.79 Å². The van der Waals surface area contributed by atoms with Gasteiger partial charge in [-0.15, -0.1) is 11.3 Å². The number of carbonyl (C=O) groups is 1. The zero-order valence-electron chi connectivity index (χ0n) is 14.7. The van der Waals surface area contributed by atoms with Crippen molar-refractivity contribution in [3.63, 3.8) is 0 Å². The first-order valence-electron chi connectivity index (χ1n) is 8.06. The molecule has 0 spiro atoms. The number of amides is 1. The molecule has 3 rings (SSSR count). The number of anilines is 1. The molecular weight excluding hydrogens is 404 g/mol. The Morgan fingerprint density at radius 2 is 1.85 bits per heavy atom. The summed E-state index contributed by atoms with van der Waals surface area (Å²) in [5, 5.41) is 5.19. The highest BCUT2D eigenvalue weighted by atomic mass is 35.5. The molecule has 0 unspecified atom stereocenters. The van der Waals surface area contributed by atoms with E-state index in [9.17, 15) is 13.2 Å². The van der Waals surface area contributed by atoms with Gasteiger partial charge in [-0.2, -0.15) is 0 Å². The average Bonchev–Trinajstić information content (AvgIpc) is 3.02. The number of nitrogens with zero attached hydrogens (tertiary/aromatic N) is 1. The number of aryl methyl sites for hydroxylation is 2. The third-order valence-corrected chi connectivity index (χ3v) is 6.54. The van der Waals surface area contributed by atoms with Crippen LogP contribution >= 0.6 is 22.9 Å². The van der Waals surface area contributed by atoms with Crippen LogP contribution in [0.2, 0.25) is 5.02 Å². The Bertz CT molecular complexity index is 1090. The predicted octanol–water partition coefficient (Wildman–Crippen LogP) is 4.49. The highest BCUT2D eigenvalue weighted by Gasteiger charge is 2.20. The Balaban J connectivity index is 1.71.